The number of anilines is 1. The Bertz CT molecular complexity index is 467. The van der Waals surface area contributed by atoms with Crippen LogP contribution in [0.15, 0.2) is 18.2 Å². The lowest BCUT2D eigenvalue weighted by molar-refractivity contribution is -0.385. The summed E-state index contributed by atoms with van der Waals surface area (Å²) in [5.41, 5.74) is 0.104. The molecule has 2 rings (SSSR count). The average molecular weight is 267 g/mol. The van der Waals surface area contributed by atoms with Crippen molar-refractivity contribution in [2.45, 2.75) is 25.8 Å². The molecule has 0 aromatic heterocycles. The molecule has 1 unspecified atom stereocenters. The van der Waals surface area contributed by atoms with E-state index in [-0.39, 0.29) is 5.69 Å². The fraction of sp³-hybridized carbons (Fsp3) is 0.538. The van der Waals surface area contributed by atoms with Gasteiger partial charge in [-0.1, -0.05) is 6.92 Å². The van der Waals surface area contributed by atoms with E-state index in [0.717, 1.165) is 25.6 Å². The lowest BCUT2D eigenvalue weighted by Gasteiger charge is -2.23. The number of hydrogen-bond donors (Lipinski definition) is 1. The number of nitro groups is 1. The summed E-state index contributed by atoms with van der Waals surface area (Å²) in [4.78, 5) is 12.3. The summed E-state index contributed by atoms with van der Waals surface area (Å²) < 4.78 is 13.7. The summed E-state index contributed by atoms with van der Waals surface area (Å²) >= 11 is 0. The van der Waals surface area contributed by atoms with Crippen molar-refractivity contribution >= 4 is 11.4 Å². The first-order valence-electron chi connectivity index (χ1n) is 6.53. The van der Waals surface area contributed by atoms with Crippen LogP contribution in [0.5, 0.6) is 0 Å². The summed E-state index contributed by atoms with van der Waals surface area (Å²) in [6, 6.07) is 4.12. The van der Waals surface area contributed by atoms with Gasteiger partial charge in [-0.3, -0.25) is 15.0 Å². The molecule has 19 heavy (non-hydrogen) atoms. The summed E-state index contributed by atoms with van der Waals surface area (Å²) in [5, 5.41) is 13.6. The number of benzene rings is 1. The van der Waals surface area contributed by atoms with E-state index in [1.807, 2.05) is 0 Å². The predicted molar refractivity (Wildman–Crippen MR) is 71.8 cm³/mol. The van der Waals surface area contributed by atoms with Crippen LogP contribution < -0.4 is 5.32 Å². The Morgan fingerprint density at radius 1 is 1.58 bits per heavy atom. The third-order valence-corrected chi connectivity index (χ3v) is 3.60. The minimum atomic E-state index is -0.595. The van der Waals surface area contributed by atoms with E-state index >= 15 is 0 Å². The number of halogens is 1. The number of hydrogen-bond acceptors (Lipinski definition) is 4. The van der Waals surface area contributed by atoms with Crippen molar-refractivity contribution in [3.8, 4) is 0 Å². The van der Waals surface area contributed by atoms with Crippen molar-refractivity contribution in [1.82, 2.24) is 4.90 Å². The number of nitro benzene ring substituents is 1. The predicted octanol–water partition coefficient (Wildman–Crippen LogP) is 2.63. The fourth-order valence-electron chi connectivity index (χ4n) is 2.53. The van der Waals surface area contributed by atoms with E-state index in [1.54, 1.807) is 0 Å². The maximum absolute atomic E-state index is 13.7. The SMILES string of the molecule is CCN1CCCC1CNc1ccc([N+](=O)[O-])cc1F. The van der Waals surface area contributed by atoms with Gasteiger partial charge in [-0.2, -0.15) is 0 Å². The summed E-state index contributed by atoms with van der Waals surface area (Å²) in [6.45, 7) is 4.87. The molecule has 104 valence electrons. The molecule has 5 nitrogen and oxygen atoms in total. The van der Waals surface area contributed by atoms with Crippen LogP contribution in [0.2, 0.25) is 0 Å². The molecule has 1 fully saturated rings. The van der Waals surface area contributed by atoms with E-state index in [0.29, 0.717) is 18.3 Å². The molecule has 1 aliphatic heterocycles. The Kier molecular flexibility index (Phi) is 4.31. The van der Waals surface area contributed by atoms with Gasteiger partial charge in [-0.15, -0.1) is 0 Å². The molecular weight excluding hydrogens is 249 g/mol. The van der Waals surface area contributed by atoms with Crippen LogP contribution >= 0.6 is 0 Å². The van der Waals surface area contributed by atoms with Crippen molar-refractivity contribution in [1.29, 1.82) is 0 Å². The monoisotopic (exact) mass is 267 g/mol. The van der Waals surface area contributed by atoms with Crippen molar-refractivity contribution in [2.75, 3.05) is 25.0 Å². The molecule has 0 spiro atoms. The largest absolute Gasteiger partial charge is 0.381 e. The average Bonchev–Trinajstić information content (AvgIpc) is 2.84. The second-order valence-electron chi connectivity index (χ2n) is 4.73. The molecular formula is C13H18FN3O2. The first kappa shape index (κ1) is 13.7. The molecule has 1 aromatic carbocycles. The number of likely N-dealkylation sites (tertiary alicyclic amines) is 1. The van der Waals surface area contributed by atoms with E-state index in [2.05, 4.69) is 17.1 Å². The van der Waals surface area contributed by atoms with Crippen molar-refractivity contribution in [2.24, 2.45) is 0 Å². The van der Waals surface area contributed by atoms with Crippen LogP contribution in [0.1, 0.15) is 19.8 Å². The van der Waals surface area contributed by atoms with Gasteiger partial charge >= 0.3 is 0 Å². The Morgan fingerprint density at radius 3 is 3.00 bits per heavy atom. The molecule has 6 heteroatoms. The maximum Gasteiger partial charge on any atom is 0.272 e. The topological polar surface area (TPSA) is 58.4 Å². The second-order valence-corrected chi connectivity index (χ2v) is 4.73. The van der Waals surface area contributed by atoms with Gasteiger partial charge in [0, 0.05) is 18.7 Å². The van der Waals surface area contributed by atoms with Gasteiger partial charge in [-0.25, -0.2) is 4.39 Å². The smallest absolute Gasteiger partial charge is 0.272 e. The number of non-ortho nitro benzene ring substituents is 1. The maximum atomic E-state index is 13.7. The van der Waals surface area contributed by atoms with Crippen LogP contribution in [-0.4, -0.2) is 35.5 Å². The third-order valence-electron chi connectivity index (χ3n) is 3.60. The van der Waals surface area contributed by atoms with Gasteiger partial charge in [0.25, 0.3) is 5.69 Å². The summed E-state index contributed by atoms with van der Waals surface area (Å²) in [5.74, 6) is -0.574. The van der Waals surface area contributed by atoms with Gasteiger partial charge < -0.3 is 5.32 Å². The number of rotatable bonds is 5. The molecule has 0 aliphatic carbocycles. The second kappa shape index (κ2) is 5.97. The van der Waals surface area contributed by atoms with Gasteiger partial charge in [0.05, 0.1) is 16.7 Å². The van der Waals surface area contributed by atoms with Gasteiger partial charge in [-0.05, 0) is 32.0 Å². The molecule has 1 N–H and O–H groups in total. The van der Waals surface area contributed by atoms with Crippen LogP contribution in [0.25, 0.3) is 0 Å². The highest BCUT2D eigenvalue weighted by Crippen LogP contribution is 2.22. The van der Waals surface area contributed by atoms with Crippen molar-refractivity contribution in [3.05, 3.63) is 34.1 Å². The van der Waals surface area contributed by atoms with Gasteiger partial charge in [0.15, 0.2) is 5.82 Å². The van der Waals surface area contributed by atoms with Crippen molar-refractivity contribution < 1.29 is 9.31 Å². The third kappa shape index (κ3) is 3.20. The first-order chi connectivity index (χ1) is 9.11. The molecule has 0 bridgehead atoms. The molecule has 0 radical (unpaired) electrons. The highest BCUT2D eigenvalue weighted by molar-refractivity contribution is 5.50. The highest BCUT2D eigenvalue weighted by Gasteiger charge is 2.22. The molecule has 0 amide bonds. The fourth-order valence-corrected chi connectivity index (χ4v) is 2.53. The minimum Gasteiger partial charge on any atom is -0.381 e. The van der Waals surface area contributed by atoms with Crippen LogP contribution in [-0.2, 0) is 0 Å². The standard InChI is InChI=1S/C13H18FN3O2/c1-2-16-7-3-4-11(16)9-15-13-6-5-10(17(18)19)8-12(13)14/h5-6,8,11,15H,2-4,7,9H2,1H3. The normalized spacial score (nSPS) is 19.6. The summed E-state index contributed by atoms with van der Waals surface area (Å²) in [7, 11) is 0. The first-order valence-corrected chi connectivity index (χ1v) is 6.53. The van der Waals surface area contributed by atoms with E-state index in [1.165, 1.54) is 18.6 Å². The van der Waals surface area contributed by atoms with Crippen molar-refractivity contribution in [3.63, 3.8) is 0 Å². The number of nitrogens with one attached hydrogen (secondary N) is 1. The van der Waals surface area contributed by atoms with Gasteiger partial charge in [0.2, 0.25) is 0 Å². The molecule has 0 saturated carbocycles. The zero-order valence-corrected chi connectivity index (χ0v) is 10.9. The molecule has 1 heterocycles. The van der Waals surface area contributed by atoms with E-state index in [4.69, 9.17) is 0 Å². The zero-order chi connectivity index (χ0) is 13.8. The van der Waals surface area contributed by atoms with E-state index < -0.39 is 10.7 Å². The molecule has 1 atom stereocenters. The Morgan fingerprint density at radius 2 is 2.37 bits per heavy atom. The Labute approximate surface area is 111 Å². The Hall–Kier alpha value is -1.69. The van der Waals surface area contributed by atoms with Gasteiger partial charge in [0.1, 0.15) is 0 Å². The number of likely N-dealkylation sites (N-methyl/N-ethyl adjacent to an activating group) is 1. The quantitative estimate of drug-likeness (QED) is 0.658. The van der Waals surface area contributed by atoms with Crippen LogP contribution in [0, 0.1) is 15.9 Å². The van der Waals surface area contributed by atoms with Crippen LogP contribution in [0.4, 0.5) is 15.8 Å². The molecule has 1 aliphatic rings. The Balaban J connectivity index is 1.98. The summed E-state index contributed by atoms with van der Waals surface area (Å²) in [6.07, 6.45) is 2.28. The number of nitrogens with zero attached hydrogens (tertiary/aromatic N) is 2. The lowest BCUT2D eigenvalue weighted by Crippen LogP contribution is -2.34. The zero-order valence-electron chi connectivity index (χ0n) is 10.9. The molecule has 1 aromatic rings. The minimum absolute atomic E-state index is 0.223. The van der Waals surface area contributed by atoms with E-state index in [9.17, 15) is 14.5 Å². The highest BCUT2D eigenvalue weighted by atomic mass is 19.1. The lowest BCUT2D eigenvalue weighted by atomic mass is 10.2. The molecule has 1 saturated heterocycles. The van der Waals surface area contributed by atoms with Crippen LogP contribution in [0.3, 0.4) is 0 Å².